The molecule has 0 spiro atoms. The zero-order valence-corrected chi connectivity index (χ0v) is 15.9. The van der Waals surface area contributed by atoms with E-state index < -0.39 is 0 Å². The Kier molecular flexibility index (Phi) is 9.85. The fourth-order valence-electron chi connectivity index (χ4n) is 2.96. The van der Waals surface area contributed by atoms with Crippen molar-refractivity contribution in [3.8, 4) is 0 Å². The van der Waals surface area contributed by atoms with Gasteiger partial charge in [-0.2, -0.15) is 0 Å². The number of hydrogen-bond acceptors (Lipinski definition) is 0. The highest BCUT2D eigenvalue weighted by Gasteiger charge is 2.11. The molecule has 0 saturated carbocycles. The highest BCUT2D eigenvalue weighted by atomic mass is 15.1. The Morgan fingerprint density at radius 1 is 0.826 bits per heavy atom. The standard InChI is InChI=1S/C20H35N3/c1-19(17-20-11-7-6-8-12-20)18-23(15-9-13-21(2)3)16-10-14-22(4)5/h6-8,11-12,17H,9-10,13-16,18H2,1-5H3/p+3/b19-17+. The minimum absolute atomic E-state index is 1.17. The average Bonchev–Trinajstić information content (AvgIpc) is 2.47. The lowest BCUT2D eigenvalue weighted by Gasteiger charge is -2.21. The molecule has 0 atom stereocenters. The zero-order chi connectivity index (χ0) is 17.1. The van der Waals surface area contributed by atoms with Crippen molar-refractivity contribution in [2.24, 2.45) is 0 Å². The SMILES string of the molecule is C/C(=C\c1ccccc1)C[NH+](CCC[NH+](C)C)CCC[NH+](C)C. The summed E-state index contributed by atoms with van der Waals surface area (Å²) in [6.45, 7) is 8.55. The van der Waals surface area contributed by atoms with Crippen LogP contribution >= 0.6 is 0 Å². The van der Waals surface area contributed by atoms with Crippen molar-refractivity contribution in [1.29, 1.82) is 0 Å². The Bertz CT molecular complexity index is 423. The maximum absolute atomic E-state index is 2.34. The van der Waals surface area contributed by atoms with E-state index in [1.165, 1.54) is 56.7 Å². The van der Waals surface area contributed by atoms with Crippen molar-refractivity contribution in [1.82, 2.24) is 0 Å². The summed E-state index contributed by atoms with van der Waals surface area (Å²) in [7, 11) is 8.98. The topological polar surface area (TPSA) is 13.3 Å². The molecule has 1 aromatic rings. The lowest BCUT2D eigenvalue weighted by Crippen LogP contribution is -3.14. The van der Waals surface area contributed by atoms with Crippen molar-refractivity contribution in [2.75, 3.05) is 60.9 Å². The van der Waals surface area contributed by atoms with Gasteiger partial charge in [0, 0.05) is 12.8 Å². The van der Waals surface area contributed by atoms with Crippen LogP contribution < -0.4 is 14.7 Å². The Balaban J connectivity index is 2.53. The highest BCUT2D eigenvalue weighted by molar-refractivity contribution is 5.52. The summed E-state index contributed by atoms with van der Waals surface area (Å²) < 4.78 is 0. The molecular weight excluding hydrogens is 282 g/mol. The van der Waals surface area contributed by atoms with Gasteiger partial charge in [-0.1, -0.05) is 36.4 Å². The van der Waals surface area contributed by atoms with E-state index in [1.54, 1.807) is 14.7 Å². The Morgan fingerprint density at radius 2 is 1.35 bits per heavy atom. The first-order chi connectivity index (χ1) is 11.0. The van der Waals surface area contributed by atoms with E-state index >= 15 is 0 Å². The molecule has 130 valence electrons. The summed E-state index contributed by atoms with van der Waals surface area (Å²) in [5, 5.41) is 0. The van der Waals surface area contributed by atoms with Crippen LogP contribution in [0.15, 0.2) is 35.9 Å². The van der Waals surface area contributed by atoms with Gasteiger partial charge < -0.3 is 14.7 Å². The van der Waals surface area contributed by atoms with Crippen LogP contribution in [-0.2, 0) is 0 Å². The molecule has 0 aliphatic heterocycles. The molecule has 0 aliphatic carbocycles. The lowest BCUT2D eigenvalue weighted by molar-refractivity contribution is -0.910. The van der Waals surface area contributed by atoms with Gasteiger partial charge in [0.1, 0.15) is 0 Å². The Hall–Kier alpha value is -1.16. The second kappa shape index (κ2) is 11.4. The molecule has 0 aliphatic rings. The number of rotatable bonds is 11. The quantitative estimate of drug-likeness (QED) is 0.465. The highest BCUT2D eigenvalue weighted by Crippen LogP contribution is 2.04. The predicted octanol–water partition coefficient (Wildman–Crippen LogP) is -0.956. The first kappa shape index (κ1) is 19.9. The number of quaternary nitrogens is 3. The molecule has 3 heteroatoms. The smallest absolute Gasteiger partial charge is 0.0988 e. The monoisotopic (exact) mass is 320 g/mol. The van der Waals surface area contributed by atoms with Crippen molar-refractivity contribution in [2.45, 2.75) is 19.8 Å². The molecule has 0 bridgehead atoms. The third-order valence-corrected chi connectivity index (χ3v) is 4.16. The first-order valence-corrected chi connectivity index (χ1v) is 9.11. The lowest BCUT2D eigenvalue weighted by atomic mass is 10.1. The molecule has 0 amide bonds. The van der Waals surface area contributed by atoms with Crippen LogP contribution in [-0.4, -0.2) is 60.9 Å². The molecule has 0 saturated heterocycles. The second-order valence-corrected chi connectivity index (χ2v) is 7.45. The van der Waals surface area contributed by atoms with Crippen LogP contribution in [0.5, 0.6) is 0 Å². The van der Waals surface area contributed by atoms with Crippen LogP contribution in [0.2, 0.25) is 0 Å². The van der Waals surface area contributed by atoms with E-state index in [0.717, 1.165) is 0 Å². The largest absolute Gasteiger partial charge is 0.340 e. The summed E-state index contributed by atoms with van der Waals surface area (Å²) in [5.74, 6) is 0. The van der Waals surface area contributed by atoms with Gasteiger partial charge in [-0.15, -0.1) is 0 Å². The van der Waals surface area contributed by atoms with Gasteiger partial charge in [0.2, 0.25) is 0 Å². The molecule has 1 rings (SSSR count). The zero-order valence-electron chi connectivity index (χ0n) is 15.9. The predicted molar refractivity (Wildman–Crippen MR) is 100 cm³/mol. The van der Waals surface area contributed by atoms with Crippen molar-refractivity contribution < 1.29 is 14.7 Å². The van der Waals surface area contributed by atoms with Crippen LogP contribution in [0, 0.1) is 0 Å². The van der Waals surface area contributed by atoms with Gasteiger partial charge in [-0.05, 0) is 18.1 Å². The molecule has 0 heterocycles. The molecule has 0 fully saturated rings. The summed E-state index contributed by atoms with van der Waals surface area (Å²) >= 11 is 0. The minimum atomic E-state index is 1.17. The number of hydrogen-bond donors (Lipinski definition) is 3. The van der Waals surface area contributed by atoms with Crippen LogP contribution in [0.3, 0.4) is 0 Å². The van der Waals surface area contributed by atoms with Crippen LogP contribution in [0.25, 0.3) is 6.08 Å². The van der Waals surface area contributed by atoms with Gasteiger partial charge in [0.25, 0.3) is 0 Å². The average molecular weight is 321 g/mol. The summed E-state index contributed by atoms with van der Waals surface area (Å²) in [5.41, 5.74) is 2.81. The first-order valence-electron chi connectivity index (χ1n) is 9.11. The minimum Gasteiger partial charge on any atom is -0.340 e. The fraction of sp³-hybridized carbons (Fsp3) is 0.600. The molecular formula is C20H38N3+3. The van der Waals surface area contributed by atoms with E-state index in [4.69, 9.17) is 0 Å². The summed E-state index contributed by atoms with van der Waals surface area (Å²) in [6.07, 6.45) is 4.96. The van der Waals surface area contributed by atoms with Crippen LogP contribution in [0.1, 0.15) is 25.3 Å². The molecule has 0 unspecified atom stereocenters. The molecule has 3 nitrogen and oxygen atoms in total. The molecule has 23 heavy (non-hydrogen) atoms. The molecule has 1 aromatic carbocycles. The molecule has 0 radical (unpaired) electrons. The van der Waals surface area contributed by atoms with Gasteiger partial charge in [-0.3, -0.25) is 0 Å². The van der Waals surface area contributed by atoms with E-state index in [9.17, 15) is 0 Å². The van der Waals surface area contributed by atoms with Gasteiger partial charge in [0.05, 0.1) is 60.9 Å². The second-order valence-electron chi connectivity index (χ2n) is 7.45. The maximum atomic E-state index is 2.34. The number of nitrogens with one attached hydrogen (secondary N) is 3. The fourth-order valence-corrected chi connectivity index (χ4v) is 2.96. The normalized spacial score (nSPS) is 12.6. The third kappa shape index (κ3) is 10.3. The Morgan fingerprint density at radius 3 is 1.83 bits per heavy atom. The third-order valence-electron chi connectivity index (χ3n) is 4.16. The number of benzene rings is 1. The maximum Gasteiger partial charge on any atom is 0.0988 e. The van der Waals surface area contributed by atoms with E-state index in [2.05, 4.69) is 71.5 Å². The van der Waals surface area contributed by atoms with Gasteiger partial charge >= 0.3 is 0 Å². The molecule has 3 N–H and O–H groups in total. The van der Waals surface area contributed by atoms with E-state index in [0.29, 0.717) is 0 Å². The Labute approximate surface area is 143 Å². The van der Waals surface area contributed by atoms with Crippen molar-refractivity contribution >= 4 is 6.08 Å². The van der Waals surface area contributed by atoms with Crippen LogP contribution in [0.4, 0.5) is 0 Å². The summed E-state index contributed by atoms with van der Waals surface area (Å²) in [4.78, 5) is 4.84. The summed E-state index contributed by atoms with van der Waals surface area (Å²) in [6, 6.07) is 10.7. The van der Waals surface area contributed by atoms with Crippen molar-refractivity contribution in [3.05, 3.63) is 41.5 Å². The van der Waals surface area contributed by atoms with Crippen molar-refractivity contribution in [3.63, 3.8) is 0 Å². The molecule has 0 aromatic heterocycles. The van der Waals surface area contributed by atoms with E-state index in [-0.39, 0.29) is 0 Å². The van der Waals surface area contributed by atoms with Gasteiger partial charge in [0.15, 0.2) is 0 Å². The van der Waals surface area contributed by atoms with Gasteiger partial charge in [-0.25, -0.2) is 0 Å². The van der Waals surface area contributed by atoms with E-state index in [1.807, 2.05) is 0 Å².